The van der Waals surface area contributed by atoms with Crippen LogP contribution in [0.3, 0.4) is 0 Å². The number of fused-ring (bicyclic) bond motifs is 11. The maximum atomic E-state index is 6.93. The number of benzene rings is 9. The first kappa shape index (κ1) is 32.4. The molecule has 0 unspecified atom stereocenters. The normalized spacial score (nSPS) is 12.1. The van der Waals surface area contributed by atoms with E-state index in [9.17, 15) is 0 Å². The van der Waals surface area contributed by atoms with Crippen molar-refractivity contribution in [3.63, 3.8) is 0 Å². The van der Waals surface area contributed by atoms with Gasteiger partial charge in [-0.3, -0.25) is 0 Å². The summed E-state index contributed by atoms with van der Waals surface area (Å²) in [4.78, 5) is 15.9. The minimum atomic E-state index is 0.589. The lowest BCUT2D eigenvalue weighted by Crippen LogP contribution is -2.01. The number of thiophene rings is 1. The third kappa shape index (κ3) is 4.87. The van der Waals surface area contributed by atoms with Gasteiger partial charge in [-0.25, -0.2) is 15.0 Å². The van der Waals surface area contributed by atoms with Gasteiger partial charge < -0.3 is 8.98 Å². The molecular formula is C53H30N4OS. The van der Waals surface area contributed by atoms with Gasteiger partial charge in [0.15, 0.2) is 23.1 Å². The number of para-hydroxylation sites is 2. The van der Waals surface area contributed by atoms with Crippen LogP contribution in [0.25, 0.3) is 125 Å². The second kappa shape index (κ2) is 12.4. The van der Waals surface area contributed by atoms with Crippen LogP contribution in [0.15, 0.2) is 186 Å². The number of hydrogen-bond acceptors (Lipinski definition) is 5. The summed E-state index contributed by atoms with van der Waals surface area (Å²) in [7, 11) is 0. The van der Waals surface area contributed by atoms with Gasteiger partial charge in [0.1, 0.15) is 5.58 Å². The lowest BCUT2D eigenvalue weighted by Gasteiger charge is -2.13. The van der Waals surface area contributed by atoms with Gasteiger partial charge in [0.05, 0.1) is 16.7 Å². The summed E-state index contributed by atoms with van der Waals surface area (Å²) >= 11 is 1.79. The predicted octanol–water partition coefficient (Wildman–Crippen LogP) is 14.5. The molecule has 0 amide bonds. The Bertz CT molecular complexity index is 3870. The molecule has 274 valence electrons. The first-order valence-electron chi connectivity index (χ1n) is 19.8. The van der Waals surface area contributed by atoms with Crippen LogP contribution in [-0.4, -0.2) is 19.5 Å². The second-order valence-electron chi connectivity index (χ2n) is 15.1. The fourth-order valence-corrected chi connectivity index (χ4v) is 10.3. The highest BCUT2D eigenvalue weighted by molar-refractivity contribution is 7.25. The molecule has 0 atom stereocenters. The van der Waals surface area contributed by atoms with Crippen LogP contribution in [0, 0.1) is 0 Å². The van der Waals surface area contributed by atoms with Crippen molar-refractivity contribution in [2.45, 2.75) is 0 Å². The average Bonchev–Trinajstić information content (AvgIpc) is 3.97. The summed E-state index contributed by atoms with van der Waals surface area (Å²) in [6.07, 6.45) is 0. The van der Waals surface area contributed by atoms with Gasteiger partial charge in [0.2, 0.25) is 0 Å². The monoisotopic (exact) mass is 770 g/mol. The van der Waals surface area contributed by atoms with Crippen molar-refractivity contribution in [3.8, 4) is 39.9 Å². The highest BCUT2D eigenvalue weighted by Gasteiger charge is 2.23. The van der Waals surface area contributed by atoms with Crippen LogP contribution in [0.1, 0.15) is 0 Å². The molecule has 9 aromatic carbocycles. The molecule has 6 heteroatoms. The van der Waals surface area contributed by atoms with Gasteiger partial charge in [-0.1, -0.05) is 133 Å². The average molecular weight is 771 g/mol. The van der Waals surface area contributed by atoms with Crippen molar-refractivity contribution in [1.82, 2.24) is 19.5 Å². The smallest absolute Gasteiger partial charge is 0.164 e. The van der Waals surface area contributed by atoms with E-state index in [-0.39, 0.29) is 0 Å². The molecule has 0 saturated carbocycles. The molecule has 59 heavy (non-hydrogen) atoms. The Morgan fingerprint density at radius 2 is 1.07 bits per heavy atom. The molecule has 0 N–H and O–H groups in total. The zero-order valence-corrected chi connectivity index (χ0v) is 32.2. The molecule has 4 heterocycles. The topological polar surface area (TPSA) is 56.7 Å². The molecule has 0 aliphatic carbocycles. The Morgan fingerprint density at radius 1 is 0.407 bits per heavy atom. The molecule has 0 bridgehead atoms. The standard InChI is InChI=1S/C53H30N4OS/c1-2-14-33-29-45-42(28-32(33)13-1)36-17-5-8-21-43(36)57(45)44-27-26-41(49-40-19-6-9-22-46(40)58-50(44)49)53-55-51(34-24-25-38-37-18-7-10-23-47(37)59-48(38)30-34)54-52(56-53)39-20-11-15-31-12-3-4-16-35(31)39/h1-30H. The van der Waals surface area contributed by atoms with Gasteiger partial charge in [-0.2, -0.15) is 0 Å². The SMILES string of the molecule is c1ccc2cc3c(cc2c1)c1ccccc1n3-c1ccc(-c2nc(-c3ccc4c(c3)sc3ccccc34)nc(-c3cccc4ccccc34)n2)c2c1oc1ccccc12. The molecule has 0 aliphatic heterocycles. The summed E-state index contributed by atoms with van der Waals surface area (Å²) in [6.45, 7) is 0. The van der Waals surface area contributed by atoms with Crippen LogP contribution in [-0.2, 0) is 0 Å². The highest BCUT2D eigenvalue weighted by Crippen LogP contribution is 2.43. The quantitative estimate of drug-likeness (QED) is 0.179. The van der Waals surface area contributed by atoms with E-state index >= 15 is 0 Å². The van der Waals surface area contributed by atoms with Gasteiger partial charge in [0.25, 0.3) is 0 Å². The van der Waals surface area contributed by atoms with E-state index in [1.807, 2.05) is 12.1 Å². The summed E-state index contributed by atoms with van der Waals surface area (Å²) in [6, 6.07) is 64.3. The Hall–Kier alpha value is -7.67. The fraction of sp³-hybridized carbons (Fsp3) is 0. The van der Waals surface area contributed by atoms with Crippen LogP contribution in [0.4, 0.5) is 0 Å². The zero-order valence-electron chi connectivity index (χ0n) is 31.4. The van der Waals surface area contributed by atoms with Crippen molar-refractivity contribution in [2.24, 2.45) is 0 Å². The Kier molecular flexibility index (Phi) is 6.82. The van der Waals surface area contributed by atoms with E-state index in [0.29, 0.717) is 17.5 Å². The van der Waals surface area contributed by atoms with Crippen molar-refractivity contribution in [1.29, 1.82) is 0 Å². The van der Waals surface area contributed by atoms with E-state index in [1.54, 1.807) is 11.3 Å². The number of rotatable bonds is 4. The molecule has 13 rings (SSSR count). The molecule has 4 aromatic heterocycles. The van der Waals surface area contributed by atoms with E-state index in [0.717, 1.165) is 66.1 Å². The van der Waals surface area contributed by atoms with Crippen LogP contribution < -0.4 is 0 Å². The second-order valence-corrected chi connectivity index (χ2v) is 16.2. The van der Waals surface area contributed by atoms with Gasteiger partial charge in [-0.15, -0.1) is 11.3 Å². The minimum absolute atomic E-state index is 0.589. The third-order valence-electron chi connectivity index (χ3n) is 11.8. The van der Waals surface area contributed by atoms with E-state index in [1.165, 1.54) is 41.7 Å². The van der Waals surface area contributed by atoms with Gasteiger partial charge in [-0.05, 0) is 70.1 Å². The molecule has 0 spiro atoms. The number of aromatic nitrogens is 4. The van der Waals surface area contributed by atoms with Crippen molar-refractivity contribution < 1.29 is 4.42 Å². The largest absolute Gasteiger partial charge is 0.454 e. The number of furan rings is 1. The maximum Gasteiger partial charge on any atom is 0.164 e. The first-order valence-corrected chi connectivity index (χ1v) is 20.6. The predicted molar refractivity (Wildman–Crippen MR) is 246 cm³/mol. The molecule has 0 aliphatic rings. The lowest BCUT2D eigenvalue weighted by atomic mass is 10.0. The van der Waals surface area contributed by atoms with E-state index in [4.69, 9.17) is 19.4 Å². The van der Waals surface area contributed by atoms with Crippen LogP contribution in [0.5, 0.6) is 0 Å². The summed E-state index contributed by atoms with van der Waals surface area (Å²) in [5.41, 5.74) is 7.56. The summed E-state index contributed by atoms with van der Waals surface area (Å²) in [5.74, 6) is 1.83. The van der Waals surface area contributed by atoms with Crippen LogP contribution in [0.2, 0.25) is 0 Å². The van der Waals surface area contributed by atoms with Gasteiger partial charge in [0, 0.05) is 58.4 Å². The fourth-order valence-electron chi connectivity index (χ4n) is 9.12. The Labute approximate surface area is 341 Å². The summed E-state index contributed by atoms with van der Waals surface area (Å²) < 4.78 is 11.7. The lowest BCUT2D eigenvalue weighted by molar-refractivity contribution is 0.666. The Balaban J connectivity index is 1.10. The van der Waals surface area contributed by atoms with Gasteiger partial charge >= 0.3 is 0 Å². The van der Waals surface area contributed by atoms with Crippen molar-refractivity contribution in [2.75, 3.05) is 0 Å². The molecular weight excluding hydrogens is 741 g/mol. The minimum Gasteiger partial charge on any atom is -0.454 e. The third-order valence-corrected chi connectivity index (χ3v) is 13.0. The Morgan fingerprint density at radius 3 is 1.95 bits per heavy atom. The first-order chi connectivity index (χ1) is 29.2. The molecule has 0 saturated heterocycles. The number of nitrogens with zero attached hydrogens (tertiary/aromatic N) is 4. The van der Waals surface area contributed by atoms with E-state index in [2.05, 4.69) is 174 Å². The summed E-state index contributed by atoms with van der Waals surface area (Å²) in [5, 5.41) is 11.5. The highest BCUT2D eigenvalue weighted by atomic mass is 32.1. The molecule has 0 fully saturated rings. The zero-order chi connectivity index (χ0) is 38.6. The molecule has 5 nitrogen and oxygen atoms in total. The number of hydrogen-bond donors (Lipinski definition) is 0. The van der Waals surface area contributed by atoms with Crippen LogP contribution >= 0.6 is 11.3 Å². The van der Waals surface area contributed by atoms with E-state index < -0.39 is 0 Å². The molecule has 13 aromatic rings. The molecule has 0 radical (unpaired) electrons. The van der Waals surface area contributed by atoms with Crippen molar-refractivity contribution >= 4 is 96.8 Å². The van der Waals surface area contributed by atoms with Crippen molar-refractivity contribution in [3.05, 3.63) is 182 Å². The maximum absolute atomic E-state index is 6.93.